The van der Waals surface area contributed by atoms with Crippen LogP contribution in [0.1, 0.15) is 65.7 Å². The first-order valence-electron chi connectivity index (χ1n) is 13.4. The molecule has 208 valence electrons. The fourth-order valence-corrected chi connectivity index (χ4v) is 8.57. The van der Waals surface area contributed by atoms with Gasteiger partial charge in [-0.3, -0.25) is 9.59 Å². The van der Waals surface area contributed by atoms with Gasteiger partial charge in [0.25, 0.3) is 0 Å². The highest BCUT2D eigenvalue weighted by atomic mass is 16.8. The quantitative estimate of drug-likeness (QED) is 0.274. The van der Waals surface area contributed by atoms with E-state index in [1.807, 2.05) is 6.92 Å². The molecular formula is C27H40O10. The number of fused-ring (bicyclic) bond motifs is 5. The molecule has 0 amide bonds. The van der Waals surface area contributed by atoms with E-state index in [4.69, 9.17) is 9.47 Å². The van der Waals surface area contributed by atoms with Crippen LogP contribution in [-0.4, -0.2) is 90.9 Å². The smallest absolute Gasteiger partial charge is 0.311 e. The van der Waals surface area contributed by atoms with Gasteiger partial charge in [-0.2, -0.15) is 0 Å². The Hall–Kier alpha value is -1.24. The summed E-state index contributed by atoms with van der Waals surface area (Å²) in [5, 5.41) is 62.9. The minimum atomic E-state index is -2.64. The fraction of sp³-hybridized carbons (Fsp3) is 0.852. The molecule has 12 unspecified atom stereocenters. The Labute approximate surface area is 216 Å². The minimum absolute atomic E-state index is 0.0614. The van der Waals surface area contributed by atoms with Crippen molar-refractivity contribution < 1.29 is 49.7 Å². The maximum atomic E-state index is 13.6. The summed E-state index contributed by atoms with van der Waals surface area (Å²) in [7, 11) is 0. The zero-order chi connectivity index (χ0) is 27.1. The van der Waals surface area contributed by atoms with Gasteiger partial charge in [-0.25, -0.2) is 0 Å². The van der Waals surface area contributed by atoms with Gasteiger partial charge in [0.15, 0.2) is 11.9 Å². The lowest BCUT2D eigenvalue weighted by atomic mass is 9.45. The maximum absolute atomic E-state index is 13.6. The molecule has 0 bridgehead atoms. The molecule has 5 rings (SSSR count). The van der Waals surface area contributed by atoms with Crippen LogP contribution in [0.4, 0.5) is 0 Å². The maximum Gasteiger partial charge on any atom is 0.311 e. The van der Waals surface area contributed by atoms with Crippen LogP contribution in [0.5, 0.6) is 0 Å². The lowest BCUT2D eigenvalue weighted by Gasteiger charge is -2.60. The van der Waals surface area contributed by atoms with E-state index in [0.717, 1.165) is 5.57 Å². The molecule has 0 spiro atoms. The third-order valence-electron chi connectivity index (χ3n) is 10.8. The number of rotatable bonds is 4. The summed E-state index contributed by atoms with van der Waals surface area (Å²) < 4.78 is 11.0. The van der Waals surface area contributed by atoms with Crippen LogP contribution in [0.25, 0.3) is 0 Å². The van der Waals surface area contributed by atoms with Gasteiger partial charge in [-0.15, -0.1) is 0 Å². The number of hydrogen-bond donors (Lipinski definition) is 6. The van der Waals surface area contributed by atoms with Gasteiger partial charge in [-0.05, 0) is 69.3 Å². The van der Waals surface area contributed by atoms with Crippen molar-refractivity contribution in [3.8, 4) is 0 Å². The third-order valence-corrected chi connectivity index (χ3v) is 10.8. The molecule has 10 heteroatoms. The van der Waals surface area contributed by atoms with Gasteiger partial charge in [0.05, 0.1) is 24.2 Å². The van der Waals surface area contributed by atoms with E-state index in [-0.39, 0.29) is 35.2 Å². The number of ether oxygens (including phenoxy) is 2. The largest absolute Gasteiger partial charge is 0.394 e. The standard InChI is InChI=1S/C27H40O10/c1-13(29)16-6-9-26(34)20-17(5-8-25(16,26)3)24(2)7-4-15(10-14(24)11-18(20)30)36-27(35)23(33)22(32)21(31)19(12-28)37-27/h11,15-17,19-23,28,31-35H,4-10,12H2,1-3H3. The molecule has 0 aromatic heterocycles. The zero-order valence-electron chi connectivity index (χ0n) is 21.7. The van der Waals surface area contributed by atoms with Crippen molar-refractivity contribution in [1.82, 2.24) is 0 Å². The highest BCUT2D eigenvalue weighted by Crippen LogP contribution is 2.67. The highest BCUT2D eigenvalue weighted by molar-refractivity contribution is 5.95. The number of carbonyl (C=O) groups excluding carboxylic acids is 2. The van der Waals surface area contributed by atoms with Crippen molar-refractivity contribution >= 4 is 11.6 Å². The third kappa shape index (κ3) is 3.75. The molecule has 6 N–H and O–H groups in total. The van der Waals surface area contributed by atoms with E-state index >= 15 is 0 Å². The molecule has 3 saturated carbocycles. The molecule has 0 aromatic carbocycles. The number of hydrogen-bond acceptors (Lipinski definition) is 10. The molecule has 0 radical (unpaired) electrons. The van der Waals surface area contributed by atoms with Gasteiger partial charge in [0, 0.05) is 11.3 Å². The Morgan fingerprint density at radius 1 is 1.08 bits per heavy atom. The SMILES string of the molecule is CC(=O)C1CCC2(O)C3C(=O)C=C4CC(OC5(O)OC(CO)C(O)C(O)C5O)CCC4(C)C3CCC12C. The van der Waals surface area contributed by atoms with Crippen LogP contribution in [0.3, 0.4) is 0 Å². The number of carbonyl (C=O) groups is 2. The first kappa shape index (κ1) is 27.3. The average molecular weight is 525 g/mol. The van der Waals surface area contributed by atoms with Gasteiger partial charge in [0.1, 0.15) is 24.1 Å². The van der Waals surface area contributed by atoms with Gasteiger partial charge >= 0.3 is 5.97 Å². The summed E-state index contributed by atoms with van der Waals surface area (Å²) in [6.45, 7) is 4.93. The summed E-state index contributed by atoms with van der Waals surface area (Å²) in [5.74, 6) is -3.67. The second kappa shape index (κ2) is 8.89. The fourth-order valence-electron chi connectivity index (χ4n) is 8.57. The van der Waals surface area contributed by atoms with E-state index in [9.17, 15) is 40.2 Å². The van der Waals surface area contributed by atoms with Gasteiger partial charge in [-0.1, -0.05) is 19.4 Å². The number of Topliss-reactive ketones (excluding diaryl/α,β-unsaturated/α-hetero) is 1. The molecule has 37 heavy (non-hydrogen) atoms. The molecule has 5 aliphatic rings. The summed E-state index contributed by atoms with van der Waals surface area (Å²) in [6.07, 6.45) is -2.06. The number of allylic oxidation sites excluding steroid dienone is 1. The topological polar surface area (TPSA) is 174 Å². The number of aliphatic hydroxyl groups is 6. The number of aliphatic hydroxyl groups excluding tert-OH is 4. The van der Waals surface area contributed by atoms with Crippen molar-refractivity contribution in [2.75, 3.05) is 6.61 Å². The zero-order valence-corrected chi connectivity index (χ0v) is 21.7. The van der Waals surface area contributed by atoms with Crippen molar-refractivity contribution in [3.05, 3.63) is 11.6 Å². The molecule has 1 heterocycles. The molecular weight excluding hydrogens is 484 g/mol. The van der Waals surface area contributed by atoms with E-state index in [0.29, 0.717) is 38.5 Å². The Balaban J connectivity index is 1.39. The second-order valence-electron chi connectivity index (χ2n) is 12.5. The first-order valence-corrected chi connectivity index (χ1v) is 13.4. The Morgan fingerprint density at radius 3 is 2.43 bits per heavy atom. The summed E-state index contributed by atoms with van der Waals surface area (Å²) >= 11 is 0. The van der Waals surface area contributed by atoms with E-state index < -0.39 is 60.0 Å². The molecule has 4 fully saturated rings. The van der Waals surface area contributed by atoms with Crippen molar-refractivity contribution in [2.24, 2.45) is 28.6 Å². The van der Waals surface area contributed by atoms with Crippen LogP contribution < -0.4 is 0 Å². The predicted molar refractivity (Wildman–Crippen MR) is 128 cm³/mol. The average Bonchev–Trinajstić information content (AvgIpc) is 3.12. The highest BCUT2D eigenvalue weighted by Gasteiger charge is 2.69. The van der Waals surface area contributed by atoms with E-state index in [1.165, 1.54) is 0 Å². The molecule has 4 aliphatic carbocycles. The van der Waals surface area contributed by atoms with Crippen molar-refractivity contribution in [1.29, 1.82) is 0 Å². The van der Waals surface area contributed by atoms with Gasteiger partial charge < -0.3 is 40.1 Å². The van der Waals surface area contributed by atoms with Crippen LogP contribution >= 0.6 is 0 Å². The van der Waals surface area contributed by atoms with Gasteiger partial charge in [0.2, 0.25) is 0 Å². The molecule has 10 nitrogen and oxygen atoms in total. The monoisotopic (exact) mass is 524 g/mol. The predicted octanol–water partition coefficient (Wildman–Crippen LogP) is -0.0466. The second-order valence-corrected chi connectivity index (χ2v) is 12.5. The molecule has 1 saturated heterocycles. The van der Waals surface area contributed by atoms with Crippen molar-refractivity contribution in [3.63, 3.8) is 0 Å². The Morgan fingerprint density at radius 2 is 1.78 bits per heavy atom. The first-order chi connectivity index (χ1) is 17.2. The molecule has 0 aromatic rings. The lowest BCUT2D eigenvalue weighted by Crippen LogP contribution is -2.67. The Bertz CT molecular complexity index is 996. The van der Waals surface area contributed by atoms with E-state index in [1.54, 1.807) is 13.0 Å². The van der Waals surface area contributed by atoms with Crippen LogP contribution in [0, 0.1) is 28.6 Å². The Kier molecular flexibility index (Phi) is 6.57. The molecule has 1 aliphatic heterocycles. The number of ketones is 2. The molecule has 12 atom stereocenters. The summed E-state index contributed by atoms with van der Waals surface area (Å²) in [6, 6.07) is 0. The van der Waals surface area contributed by atoms with Crippen LogP contribution in [-0.2, 0) is 19.1 Å². The van der Waals surface area contributed by atoms with Crippen LogP contribution in [0.2, 0.25) is 0 Å². The van der Waals surface area contributed by atoms with Crippen LogP contribution in [0.15, 0.2) is 11.6 Å². The van der Waals surface area contributed by atoms with Crippen molar-refractivity contribution in [2.45, 2.75) is 108 Å². The lowest BCUT2D eigenvalue weighted by molar-refractivity contribution is -0.458. The minimum Gasteiger partial charge on any atom is -0.394 e. The summed E-state index contributed by atoms with van der Waals surface area (Å²) in [4.78, 5) is 26.0. The normalized spacial score (nSPS) is 53.6. The summed E-state index contributed by atoms with van der Waals surface area (Å²) in [5.41, 5.74) is -1.42. The van der Waals surface area contributed by atoms with E-state index in [2.05, 4.69) is 6.92 Å².